The van der Waals surface area contributed by atoms with Gasteiger partial charge in [-0.1, -0.05) is 28.1 Å². The Balaban J connectivity index is 2.66. The predicted molar refractivity (Wildman–Crippen MR) is 90.5 cm³/mol. The molecule has 2 N–H and O–H groups in total. The van der Waals surface area contributed by atoms with E-state index in [1.165, 1.54) is 14.2 Å². The first-order chi connectivity index (χ1) is 11.9. The molecule has 0 saturated heterocycles. The van der Waals surface area contributed by atoms with Crippen LogP contribution in [-0.2, 0) is 23.8 Å². The Morgan fingerprint density at radius 3 is 2.44 bits per heavy atom. The molecule has 0 saturated carbocycles. The molecule has 0 unspecified atom stereocenters. The maximum atomic E-state index is 12.4. The molecule has 0 amide bonds. The number of carbonyl (C=O) groups excluding carboxylic acids is 2. The largest absolute Gasteiger partial charge is 0.469 e. The summed E-state index contributed by atoms with van der Waals surface area (Å²) in [6.45, 7) is 0. The molecule has 2 rings (SSSR count). The van der Waals surface area contributed by atoms with Crippen molar-refractivity contribution in [1.82, 2.24) is 0 Å². The zero-order valence-electron chi connectivity index (χ0n) is 13.5. The lowest BCUT2D eigenvalue weighted by Gasteiger charge is -2.27. The first kappa shape index (κ1) is 18.5. The zero-order valence-corrected chi connectivity index (χ0v) is 15.1. The van der Waals surface area contributed by atoms with Crippen LogP contribution in [0.3, 0.4) is 0 Å². The summed E-state index contributed by atoms with van der Waals surface area (Å²) in [6, 6.07) is 8.99. The van der Waals surface area contributed by atoms with Gasteiger partial charge >= 0.3 is 11.9 Å². The Morgan fingerprint density at radius 1 is 1.28 bits per heavy atom. The first-order valence-electron chi connectivity index (χ1n) is 7.14. The molecule has 0 radical (unpaired) electrons. The fraction of sp³-hybridized carbons (Fsp3) is 0.235. The van der Waals surface area contributed by atoms with Gasteiger partial charge in [0.1, 0.15) is 23.8 Å². The Morgan fingerprint density at radius 2 is 1.92 bits per heavy atom. The van der Waals surface area contributed by atoms with Crippen LogP contribution >= 0.6 is 15.9 Å². The fourth-order valence-electron chi connectivity index (χ4n) is 2.47. The molecular weight excluding hydrogens is 392 g/mol. The molecule has 1 aromatic carbocycles. The highest BCUT2D eigenvalue weighted by atomic mass is 79.9. The summed E-state index contributed by atoms with van der Waals surface area (Å²) in [5.74, 6) is -2.30. The number of carbonyl (C=O) groups is 2. The minimum Gasteiger partial charge on any atom is -0.469 e. The highest BCUT2D eigenvalue weighted by molar-refractivity contribution is 9.10. The van der Waals surface area contributed by atoms with Crippen molar-refractivity contribution >= 4 is 27.9 Å². The molecule has 0 fully saturated rings. The molecule has 1 atom stereocenters. The Bertz CT molecular complexity index is 805. The number of allylic oxidation sites excluding steroid dienone is 1. The van der Waals surface area contributed by atoms with Gasteiger partial charge in [0, 0.05) is 4.47 Å². The van der Waals surface area contributed by atoms with Gasteiger partial charge < -0.3 is 19.9 Å². The number of benzene rings is 1. The van der Waals surface area contributed by atoms with Gasteiger partial charge in [-0.25, -0.2) is 4.79 Å². The predicted octanol–water partition coefficient (Wildman–Crippen LogP) is 2.25. The Labute approximate surface area is 152 Å². The van der Waals surface area contributed by atoms with Gasteiger partial charge in [-0.15, -0.1) is 0 Å². The number of hydrogen-bond donors (Lipinski definition) is 1. The van der Waals surface area contributed by atoms with E-state index in [1.807, 2.05) is 6.07 Å². The summed E-state index contributed by atoms with van der Waals surface area (Å²) >= 11 is 3.33. The number of hydrogen-bond acceptors (Lipinski definition) is 7. The number of nitrogens with zero attached hydrogens (tertiary/aromatic N) is 1. The van der Waals surface area contributed by atoms with Crippen LogP contribution in [-0.4, -0.2) is 26.2 Å². The van der Waals surface area contributed by atoms with E-state index < -0.39 is 17.9 Å². The topological polar surface area (TPSA) is 112 Å². The number of methoxy groups -OCH3 is 2. The lowest BCUT2D eigenvalue weighted by molar-refractivity contribution is -0.140. The average Bonchev–Trinajstić information content (AvgIpc) is 2.61. The monoisotopic (exact) mass is 406 g/mol. The summed E-state index contributed by atoms with van der Waals surface area (Å²) in [5.41, 5.74) is 6.59. The second kappa shape index (κ2) is 7.85. The standard InChI is InChI=1S/C17H15BrN2O5/c1-23-13(21)7-12-15(17(22)24-2)14(11(8-19)16(20)25-12)9-3-5-10(18)6-4-9/h3-6,14H,7,20H2,1-2H3/t14-/m0/s1. The molecule has 25 heavy (non-hydrogen) atoms. The number of rotatable bonds is 4. The van der Waals surface area contributed by atoms with E-state index in [2.05, 4.69) is 20.7 Å². The molecule has 0 bridgehead atoms. The molecule has 1 heterocycles. The zero-order chi connectivity index (χ0) is 18.6. The smallest absolute Gasteiger partial charge is 0.338 e. The molecule has 0 spiro atoms. The number of nitrogens with two attached hydrogens (primary N) is 1. The second-order valence-corrected chi connectivity index (χ2v) is 5.97. The van der Waals surface area contributed by atoms with Crippen molar-refractivity contribution in [2.45, 2.75) is 12.3 Å². The maximum Gasteiger partial charge on any atom is 0.338 e. The summed E-state index contributed by atoms with van der Waals surface area (Å²) in [4.78, 5) is 24.0. The number of nitriles is 1. The quantitative estimate of drug-likeness (QED) is 0.762. The van der Waals surface area contributed by atoms with Crippen molar-refractivity contribution in [2.75, 3.05) is 14.2 Å². The molecule has 1 aliphatic rings. The summed E-state index contributed by atoms with van der Waals surface area (Å²) in [7, 11) is 2.42. The van der Waals surface area contributed by atoms with Crippen LogP contribution in [0, 0.1) is 11.3 Å². The van der Waals surface area contributed by atoms with E-state index in [9.17, 15) is 14.9 Å². The SMILES string of the molecule is COC(=O)CC1=C(C(=O)OC)[C@@H](c2ccc(Br)cc2)C(C#N)=C(N)O1. The van der Waals surface area contributed by atoms with Crippen molar-refractivity contribution in [2.24, 2.45) is 5.73 Å². The van der Waals surface area contributed by atoms with Crippen molar-refractivity contribution in [3.63, 3.8) is 0 Å². The highest BCUT2D eigenvalue weighted by Gasteiger charge is 2.38. The van der Waals surface area contributed by atoms with E-state index in [4.69, 9.17) is 15.2 Å². The van der Waals surface area contributed by atoms with Gasteiger partial charge in [-0.05, 0) is 17.7 Å². The van der Waals surface area contributed by atoms with Crippen LogP contribution in [0.1, 0.15) is 17.9 Å². The third-order valence-electron chi connectivity index (χ3n) is 3.64. The third kappa shape index (κ3) is 3.83. The molecule has 1 aromatic rings. The summed E-state index contributed by atoms with van der Waals surface area (Å²) in [5, 5.41) is 9.49. The molecule has 0 aromatic heterocycles. The van der Waals surface area contributed by atoms with Gasteiger partial charge in [0.2, 0.25) is 5.88 Å². The van der Waals surface area contributed by atoms with Crippen LogP contribution in [0.2, 0.25) is 0 Å². The normalized spacial score (nSPS) is 16.8. The first-order valence-corrected chi connectivity index (χ1v) is 7.93. The minimum atomic E-state index is -0.807. The van der Waals surface area contributed by atoms with Gasteiger partial charge in [0.15, 0.2) is 0 Å². The van der Waals surface area contributed by atoms with Crippen LogP contribution in [0.4, 0.5) is 0 Å². The fourth-order valence-corrected chi connectivity index (χ4v) is 2.74. The summed E-state index contributed by atoms with van der Waals surface area (Å²) in [6.07, 6.45) is -0.312. The third-order valence-corrected chi connectivity index (χ3v) is 4.17. The van der Waals surface area contributed by atoms with Gasteiger partial charge in [-0.2, -0.15) is 5.26 Å². The molecule has 7 nitrogen and oxygen atoms in total. The minimum absolute atomic E-state index is 0.00289. The van der Waals surface area contributed by atoms with E-state index >= 15 is 0 Å². The highest BCUT2D eigenvalue weighted by Crippen LogP contribution is 2.40. The van der Waals surface area contributed by atoms with E-state index in [-0.39, 0.29) is 29.2 Å². The lowest BCUT2D eigenvalue weighted by Crippen LogP contribution is -2.26. The molecule has 8 heteroatoms. The van der Waals surface area contributed by atoms with Crippen molar-refractivity contribution in [1.29, 1.82) is 5.26 Å². The number of halogens is 1. The maximum absolute atomic E-state index is 12.4. The van der Waals surface area contributed by atoms with Crippen LogP contribution in [0.5, 0.6) is 0 Å². The van der Waals surface area contributed by atoms with Gasteiger partial charge in [-0.3, -0.25) is 4.79 Å². The van der Waals surface area contributed by atoms with Crippen LogP contribution in [0.15, 0.2) is 51.5 Å². The Hall–Kier alpha value is -2.79. The number of esters is 2. The van der Waals surface area contributed by atoms with Crippen LogP contribution in [0.25, 0.3) is 0 Å². The molecule has 1 aliphatic heterocycles. The molecule has 0 aliphatic carbocycles. The van der Waals surface area contributed by atoms with E-state index in [0.29, 0.717) is 5.56 Å². The van der Waals surface area contributed by atoms with Gasteiger partial charge in [0.05, 0.1) is 25.7 Å². The van der Waals surface area contributed by atoms with Crippen molar-refractivity contribution in [3.8, 4) is 6.07 Å². The Kier molecular flexibility index (Phi) is 5.83. The van der Waals surface area contributed by atoms with Crippen molar-refractivity contribution in [3.05, 3.63) is 57.1 Å². The molecular formula is C17H15BrN2O5. The number of ether oxygens (including phenoxy) is 3. The second-order valence-electron chi connectivity index (χ2n) is 5.06. The lowest BCUT2D eigenvalue weighted by atomic mass is 9.82. The summed E-state index contributed by atoms with van der Waals surface area (Å²) < 4.78 is 15.7. The van der Waals surface area contributed by atoms with Gasteiger partial charge in [0.25, 0.3) is 0 Å². The van der Waals surface area contributed by atoms with Crippen molar-refractivity contribution < 1.29 is 23.8 Å². The van der Waals surface area contributed by atoms with E-state index in [0.717, 1.165) is 4.47 Å². The average molecular weight is 407 g/mol. The van der Waals surface area contributed by atoms with Crippen LogP contribution < -0.4 is 5.73 Å². The van der Waals surface area contributed by atoms with E-state index in [1.54, 1.807) is 24.3 Å². The molecule has 130 valence electrons.